The van der Waals surface area contributed by atoms with Gasteiger partial charge in [0.1, 0.15) is 5.41 Å². The standard InChI is InChI=1S/C12H23N3O3/c1-4-9(7-18-3)14-11(16)12(10(13)15-17)5-8(2)6-12/h8-9,17H,4-7H2,1-3H3,(H2,13,15)(H,14,16). The molecule has 6 nitrogen and oxygen atoms in total. The average Bonchev–Trinajstić information content (AvgIpc) is 2.32. The average molecular weight is 257 g/mol. The molecule has 1 aliphatic carbocycles. The van der Waals surface area contributed by atoms with Crippen molar-refractivity contribution in [3.63, 3.8) is 0 Å². The Hall–Kier alpha value is -1.30. The second kappa shape index (κ2) is 6.04. The van der Waals surface area contributed by atoms with Crippen LogP contribution in [0.2, 0.25) is 0 Å². The molecule has 104 valence electrons. The van der Waals surface area contributed by atoms with E-state index < -0.39 is 5.41 Å². The molecular weight excluding hydrogens is 234 g/mol. The number of nitrogens with one attached hydrogen (secondary N) is 1. The Bertz CT molecular complexity index is 325. The van der Waals surface area contributed by atoms with Crippen LogP contribution in [0, 0.1) is 11.3 Å². The highest BCUT2D eigenvalue weighted by Crippen LogP contribution is 2.45. The number of nitrogens with two attached hydrogens (primary N) is 1. The molecular formula is C12H23N3O3. The second-order valence-corrected chi connectivity index (χ2v) is 5.11. The predicted octanol–water partition coefficient (Wildman–Crippen LogP) is 0.690. The van der Waals surface area contributed by atoms with Crippen LogP contribution in [-0.4, -0.2) is 36.7 Å². The molecule has 1 saturated carbocycles. The molecule has 1 amide bonds. The Morgan fingerprint density at radius 1 is 1.67 bits per heavy atom. The Kier molecular flexibility index (Phi) is 4.95. The summed E-state index contributed by atoms with van der Waals surface area (Å²) in [5, 5.41) is 14.8. The summed E-state index contributed by atoms with van der Waals surface area (Å²) in [4.78, 5) is 12.3. The van der Waals surface area contributed by atoms with E-state index in [1.807, 2.05) is 13.8 Å². The van der Waals surface area contributed by atoms with Crippen molar-refractivity contribution in [2.75, 3.05) is 13.7 Å². The van der Waals surface area contributed by atoms with Crippen LogP contribution in [0.4, 0.5) is 0 Å². The molecule has 4 N–H and O–H groups in total. The Morgan fingerprint density at radius 2 is 2.28 bits per heavy atom. The maximum Gasteiger partial charge on any atom is 0.234 e. The molecule has 0 saturated heterocycles. The zero-order chi connectivity index (χ0) is 13.8. The van der Waals surface area contributed by atoms with Gasteiger partial charge in [-0.15, -0.1) is 0 Å². The van der Waals surface area contributed by atoms with Crippen LogP contribution in [-0.2, 0) is 9.53 Å². The lowest BCUT2D eigenvalue weighted by molar-refractivity contribution is -0.134. The number of hydrogen-bond acceptors (Lipinski definition) is 4. The highest BCUT2D eigenvalue weighted by atomic mass is 16.5. The number of oxime groups is 1. The van der Waals surface area contributed by atoms with E-state index in [1.54, 1.807) is 7.11 Å². The molecule has 1 fully saturated rings. The van der Waals surface area contributed by atoms with Crippen molar-refractivity contribution in [1.82, 2.24) is 5.32 Å². The normalized spacial score (nSPS) is 29.5. The van der Waals surface area contributed by atoms with E-state index in [2.05, 4.69) is 10.5 Å². The van der Waals surface area contributed by atoms with Gasteiger partial charge in [0.05, 0.1) is 12.6 Å². The number of nitrogens with zero attached hydrogens (tertiary/aromatic N) is 1. The van der Waals surface area contributed by atoms with Crippen LogP contribution in [0.25, 0.3) is 0 Å². The summed E-state index contributed by atoms with van der Waals surface area (Å²) in [7, 11) is 1.60. The van der Waals surface area contributed by atoms with Gasteiger partial charge in [-0.2, -0.15) is 0 Å². The van der Waals surface area contributed by atoms with Gasteiger partial charge in [0.2, 0.25) is 5.91 Å². The smallest absolute Gasteiger partial charge is 0.234 e. The highest BCUT2D eigenvalue weighted by Gasteiger charge is 2.52. The van der Waals surface area contributed by atoms with E-state index in [4.69, 9.17) is 15.7 Å². The summed E-state index contributed by atoms with van der Waals surface area (Å²) in [6, 6.07) is -0.0400. The summed E-state index contributed by atoms with van der Waals surface area (Å²) in [5.74, 6) is 0.253. The van der Waals surface area contributed by atoms with Gasteiger partial charge in [0.25, 0.3) is 0 Å². The quantitative estimate of drug-likeness (QED) is 0.282. The summed E-state index contributed by atoms with van der Waals surface area (Å²) < 4.78 is 5.04. The molecule has 0 aromatic rings. The Labute approximate surface area is 108 Å². The van der Waals surface area contributed by atoms with E-state index in [9.17, 15) is 4.79 Å². The Morgan fingerprint density at radius 3 is 2.67 bits per heavy atom. The van der Waals surface area contributed by atoms with Crippen molar-refractivity contribution >= 4 is 11.7 Å². The molecule has 0 bridgehead atoms. The summed E-state index contributed by atoms with van der Waals surface area (Å²) in [6.45, 7) is 4.48. The zero-order valence-corrected chi connectivity index (χ0v) is 11.3. The fourth-order valence-electron chi connectivity index (χ4n) is 2.52. The molecule has 0 aromatic heterocycles. The van der Waals surface area contributed by atoms with Crippen LogP contribution in [0.15, 0.2) is 5.16 Å². The van der Waals surface area contributed by atoms with Gasteiger partial charge in [0.15, 0.2) is 5.84 Å². The SMILES string of the molecule is CCC(COC)NC(=O)C1(C(N)=NO)CC(C)C1. The first-order valence-corrected chi connectivity index (χ1v) is 6.28. The van der Waals surface area contributed by atoms with Gasteiger partial charge >= 0.3 is 0 Å². The van der Waals surface area contributed by atoms with E-state index >= 15 is 0 Å². The monoisotopic (exact) mass is 257 g/mol. The minimum absolute atomic E-state index is 0.00497. The number of rotatable bonds is 6. The fourth-order valence-corrected chi connectivity index (χ4v) is 2.52. The first kappa shape index (κ1) is 14.8. The van der Waals surface area contributed by atoms with Crippen molar-refractivity contribution in [2.24, 2.45) is 22.2 Å². The molecule has 18 heavy (non-hydrogen) atoms. The van der Waals surface area contributed by atoms with Crippen molar-refractivity contribution in [1.29, 1.82) is 0 Å². The number of amidine groups is 1. The van der Waals surface area contributed by atoms with E-state index in [1.165, 1.54) is 0 Å². The lowest BCUT2D eigenvalue weighted by atomic mass is 9.61. The van der Waals surface area contributed by atoms with Gasteiger partial charge < -0.3 is 21.0 Å². The molecule has 6 heteroatoms. The third-order valence-corrected chi connectivity index (χ3v) is 3.62. The lowest BCUT2D eigenvalue weighted by Crippen LogP contribution is -2.58. The molecule has 0 aliphatic heterocycles. The van der Waals surface area contributed by atoms with Crippen molar-refractivity contribution in [3.8, 4) is 0 Å². The maximum atomic E-state index is 12.3. The first-order valence-electron chi connectivity index (χ1n) is 6.28. The topological polar surface area (TPSA) is 96.9 Å². The van der Waals surface area contributed by atoms with Gasteiger partial charge in [-0.05, 0) is 25.2 Å². The van der Waals surface area contributed by atoms with Crippen LogP contribution in [0.3, 0.4) is 0 Å². The summed E-state index contributed by atoms with van der Waals surface area (Å²) >= 11 is 0. The van der Waals surface area contributed by atoms with E-state index in [-0.39, 0.29) is 17.8 Å². The summed E-state index contributed by atoms with van der Waals surface area (Å²) in [5.41, 5.74) is 4.84. The van der Waals surface area contributed by atoms with Crippen LogP contribution < -0.4 is 11.1 Å². The largest absolute Gasteiger partial charge is 0.409 e. The number of amides is 1. The van der Waals surface area contributed by atoms with Gasteiger partial charge in [-0.25, -0.2) is 0 Å². The Balaban J connectivity index is 2.73. The number of carbonyl (C=O) groups excluding carboxylic acids is 1. The molecule has 1 aliphatic rings. The van der Waals surface area contributed by atoms with Crippen molar-refractivity contribution in [3.05, 3.63) is 0 Å². The zero-order valence-electron chi connectivity index (χ0n) is 11.3. The molecule has 0 heterocycles. The molecule has 1 unspecified atom stereocenters. The summed E-state index contributed by atoms with van der Waals surface area (Å²) in [6.07, 6.45) is 2.03. The second-order valence-electron chi connectivity index (χ2n) is 5.11. The van der Waals surface area contributed by atoms with Crippen LogP contribution in [0.1, 0.15) is 33.1 Å². The van der Waals surface area contributed by atoms with Gasteiger partial charge in [-0.1, -0.05) is 19.0 Å². The third kappa shape index (κ3) is 2.75. The lowest BCUT2D eigenvalue weighted by Gasteiger charge is -2.44. The van der Waals surface area contributed by atoms with Crippen LogP contribution >= 0.6 is 0 Å². The maximum absolute atomic E-state index is 12.3. The fraction of sp³-hybridized carbons (Fsp3) is 0.833. The molecule has 0 radical (unpaired) electrons. The number of methoxy groups -OCH3 is 1. The van der Waals surface area contributed by atoms with Gasteiger partial charge in [-0.3, -0.25) is 4.79 Å². The number of hydrogen-bond donors (Lipinski definition) is 3. The van der Waals surface area contributed by atoms with Crippen molar-refractivity contribution < 1.29 is 14.7 Å². The van der Waals surface area contributed by atoms with Crippen molar-refractivity contribution in [2.45, 2.75) is 39.2 Å². The predicted molar refractivity (Wildman–Crippen MR) is 68.3 cm³/mol. The van der Waals surface area contributed by atoms with Crippen LogP contribution in [0.5, 0.6) is 0 Å². The first-order chi connectivity index (χ1) is 8.50. The highest BCUT2D eigenvalue weighted by molar-refractivity contribution is 6.07. The van der Waals surface area contributed by atoms with E-state index in [0.29, 0.717) is 25.4 Å². The molecule has 1 rings (SSSR count). The third-order valence-electron chi connectivity index (χ3n) is 3.62. The molecule has 1 atom stereocenters. The number of ether oxygens (including phenoxy) is 1. The van der Waals surface area contributed by atoms with Gasteiger partial charge in [0, 0.05) is 7.11 Å². The number of carbonyl (C=O) groups is 1. The molecule has 0 spiro atoms. The molecule has 0 aromatic carbocycles. The minimum Gasteiger partial charge on any atom is -0.409 e. The van der Waals surface area contributed by atoms with E-state index in [0.717, 1.165) is 6.42 Å². The minimum atomic E-state index is -0.838.